The lowest BCUT2D eigenvalue weighted by Crippen LogP contribution is -2.33. The summed E-state index contributed by atoms with van der Waals surface area (Å²) in [5.74, 6) is -2.03. The van der Waals surface area contributed by atoms with E-state index in [1.165, 1.54) is 0 Å². The van der Waals surface area contributed by atoms with Crippen molar-refractivity contribution in [3.8, 4) is 0 Å². The summed E-state index contributed by atoms with van der Waals surface area (Å²) >= 11 is 0. The molecule has 0 saturated heterocycles. The van der Waals surface area contributed by atoms with Crippen molar-refractivity contribution in [2.24, 2.45) is 0 Å². The van der Waals surface area contributed by atoms with Crippen molar-refractivity contribution in [1.82, 2.24) is 0 Å². The number of hydrogen-bond donors (Lipinski definition) is 0. The van der Waals surface area contributed by atoms with E-state index in [-0.39, 0.29) is 6.92 Å². The van der Waals surface area contributed by atoms with Crippen LogP contribution in [0.3, 0.4) is 0 Å². The largest absolute Gasteiger partial charge is 0.430 e. The van der Waals surface area contributed by atoms with Gasteiger partial charge < -0.3 is 0 Å². The zero-order chi connectivity index (χ0) is 8.58. The molecule has 0 fully saturated rings. The highest BCUT2D eigenvalue weighted by Gasteiger charge is 2.50. The second-order valence-electron chi connectivity index (χ2n) is 1.51. The predicted octanol–water partition coefficient (Wildman–Crippen LogP) is 0.468. The fourth-order valence-corrected chi connectivity index (χ4v) is 0.515. The monoisotopic (exact) mass is 176 g/mol. The summed E-state index contributed by atoms with van der Waals surface area (Å²) in [6, 6.07) is 0. The van der Waals surface area contributed by atoms with E-state index in [9.17, 15) is 25.9 Å². The van der Waals surface area contributed by atoms with Crippen LogP contribution in [0.2, 0.25) is 0 Å². The Labute approximate surface area is 55.0 Å². The summed E-state index contributed by atoms with van der Waals surface area (Å²) in [7, 11) is -6.08. The molecule has 0 aromatic rings. The van der Waals surface area contributed by atoms with Crippen molar-refractivity contribution in [2.75, 3.05) is 0 Å². The molecule has 0 saturated carbocycles. The van der Waals surface area contributed by atoms with Crippen LogP contribution in [0.4, 0.5) is 12.7 Å². The number of alkyl halides is 2. The van der Waals surface area contributed by atoms with Gasteiger partial charge in [-0.3, -0.25) is 4.79 Å². The first-order valence-electron chi connectivity index (χ1n) is 2.02. The predicted molar refractivity (Wildman–Crippen MR) is 25.7 cm³/mol. The fourth-order valence-electron chi connectivity index (χ4n) is 0.172. The molecular formula is C3H3F3O3S. The minimum Gasteiger partial charge on any atom is -0.292 e. The minimum absolute atomic E-state index is 0.289. The lowest BCUT2D eigenvalue weighted by molar-refractivity contribution is -0.131. The number of Topliss-reactive ketones (excluding diaryl/α,β-unsaturated/α-hetero) is 1. The number of carbonyl (C=O) groups is 1. The molecule has 0 aliphatic rings. The van der Waals surface area contributed by atoms with Crippen LogP contribution in [0.1, 0.15) is 6.92 Å². The Bertz CT molecular complexity index is 242. The van der Waals surface area contributed by atoms with Crippen molar-refractivity contribution in [3.05, 3.63) is 0 Å². The van der Waals surface area contributed by atoms with Gasteiger partial charge in [0.2, 0.25) is 5.78 Å². The quantitative estimate of drug-likeness (QED) is 0.574. The standard InChI is InChI=1S/C3H3F3O3S/c1-2(7)3(4,5)10(6,8)9/h1H3. The Hall–Kier alpha value is -0.590. The Kier molecular flexibility index (Phi) is 2.09. The molecule has 0 spiro atoms. The summed E-state index contributed by atoms with van der Waals surface area (Å²) in [4.78, 5) is 9.74. The average Bonchev–Trinajstić information content (AvgIpc) is 1.62. The van der Waals surface area contributed by atoms with Gasteiger partial charge in [-0.1, -0.05) is 3.89 Å². The normalized spacial score (nSPS) is 13.2. The Morgan fingerprint density at radius 3 is 1.70 bits per heavy atom. The van der Waals surface area contributed by atoms with Crippen LogP contribution in [0.25, 0.3) is 0 Å². The van der Waals surface area contributed by atoms with Crippen LogP contribution in [0.15, 0.2) is 0 Å². The van der Waals surface area contributed by atoms with Gasteiger partial charge in [0.05, 0.1) is 0 Å². The van der Waals surface area contributed by atoms with Crippen molar-refractivity contribution in [1.29, 1.82) is 0 Å². The fraction of sp³-hybridized carbons (Fsp3) is 0.667. The zero-order valence-electron chi connectivity index (χ0n) is 4.77. The number of hydrogen-bond acceptors (Lipinski definition) is 3. The molecule has 0 aromatic carbocycles. The van der Waals surface area contributed by atoms with E-state index in [0.717, 1.165) is 0 Å². The SMILES string of the molecule is CC(=O)C(F)(F)S(=O)(=O)F. The third-order valence-corrected chi connectivity index (χ3v) is 1.62. The van der Waals surface area contributed by atoms with E-state index in [1.807, 2.05) is 0 Å². The van der Waals surface area contributed by atoms with E-state index >= 15 is 0 Å². The maximum absolute atomic E-state index is 11.7. The molecule has 0 aliphatic carbocycles. The summed E-state index contributed by atoms with van der Waals surface area (Å²) in [6.45, 7) is 0.289. The maximum atomic E-state index is 11.7. The van der Waals surface area contributed by atoms with E-state index in [4.69, 9.17) is 0 Å². The molecule has 0 N–H and O–H groups in total. The van der Waals surface area contributed by atoms with Gasteiger partial charge in [-0.05, 0) is 0 Å². The number of carbonyl (C=O) groups excluding carboxylic acids is 1. The molecule has 0 radical (unpaired) electrons. The molecule has 0 unspecified atom stereocenters. The molecule has 7 heteroatoms. The zero-order valence-corrected chi connectivity index (χ0v) is 5.58. The molecule has 0 amide bonds. The molecule has 0 rings (SSSR count). The number of ketones is 1. The molecule has 0 aromatic heterocycles. The van der Waals surface area contributed by atoms with Gasteiger partial charge in [0, 0.05) is 6.92 Å². The van der Waals surface area contributed by atoms with Gasteiger partial charge in [0.1, 0.15) is 0 Å². The summed E-state index contributed by atoms with van der Waals surface area (Å²) < 4.78 is 53.8. The first-order chi connectivity index (χ1) is 4.19. The molecule has 0 bridgehead atoms. The van der Waals surface area contributed by atoms with Crippen LogP contribution >= 0.6 is 0 Å². The van der Waals surface area contributed by atoms with Crippen LogP contribution < -0.4 is 0 Å². The van der Waals surface area contributed by atoms with Crippen molar-refractivity contribution in [3.63, 3.8) is 0 Å². The van der Waals surface area contributed by atoms with Crippen molar-refractivity contribution >= 4 is 16.0 Å². The minimum atomic E-state index is -6.08. The Balaban J connectivity index is 4.95. The number of halogens is 3. The molecule has 0 aliphatic heterocycles. The topological polar surface area (TPSA) is 51.2 Å². The molecule has 0 atom stereocenters. The van der Waals surface area contributed by atoms with Gasteiger partial charge in [0.15, 0.2) is 0 Å². The van der Waals surface area contributed by atoms with E-state index in [0.29, 0.717) is 0 Å². The van der Waals surface area contributed by atoms with Gasteiger partial charge in [-0.2, -0.15) is 17.2 Å². The summed E-state index contributed by atoms with van der Waals surface area (Å²) in [5, 5.41) is -4.90. The molecule has 0 heterocycles. The third kappa shape index (κ3) is 1.47. The second kappa shape index (κ2) is 2.22. The second-order valence-corrected chi connectivity index (χ2v) is 2.90. The smallest absolute Gasteiger partial charge is 0.292 e. The molecule has 3 nitrogen and oxygen atoms in total. The van der Waals surface area contributed by atoms with Crippen LogP contribution in [-0.4, -0.2) is 19.5 Å². The van der Waals surface area contributed by atoms with Crippen LogP contribution in [-0.2, 0) is 15.0 Å². The highest BCUT2D eigenvalue weighted by atomic mass is 32.3. The third-order valence-electron chi connectivity index (χ3n) is 0.716. The molecule has 10 heavy (non-hydrogen) atoms. The maximum Gasteiger partial charge on any atom is 0.430 e. The summed E-state index contributed by atoms with van der Waals surface area (Å²) in [5.41, 5.74) is 0. The van der Waals surface area contributed by atoms with E-state index < -0.39 is 21.3 Å². The van der Waals surface area contributed by atoms with Gasteiger partial charge in [0.25, 0.3) is 0 Å². The van der Waals surface area contributed by atoms with Crippen LogP contribution in [0.5, 0.6) is 0 Å². The van der Waals surface area contributed by atoms with Gasteiger partial charge in [-0.15, -0.1) is 0 Å². The van der Waals surface area contributed by atoms with E-state index in [1.54, 1.807) is 0 Å². The average molecular weight is 176 g/mol. The summed E-state index contributed by atoms with van der Waals surface area (Å²) in [6.07, 6.45) is 0. The lowest BCUT2D eigenvalue weighted by Gasteiger charge is -2.04. The lowest BCUT2D eigenvalue weighted by atomic mass is 10.5. The molecular weight excluding hydrogens is 173 g/mol. The highest BCUT2D eigenvalue weighted by Crippen LogP contribution is 2.23. The van der Waals surface area contributed by atoms with Crippen LogP contribution in [0, 0.1) is 0 Å². The van der Waals surface area contributed by atoms with E-state index in [2.05, 4.69) is 0 Å². The number of rotatable bonds is 2. The first-order valence-corrected chi connectivity index (χ1v) is 3.41. The molecule has 60 valence electrons. The Morgan fingerprint density at radius 1 is 1.40 bits per heavy atom. The Morgan fingerprint density at radius 2 is 1.70 bits per heavy atom. The van der Waals surface area contributed by atoms with Gasteiger partial charge in [-0.25, -0.2) is 0 Å². The van der Waals surface area contributed by atoms with Gasteiger partial charge >= 0.3 is 15.5 Å². The first kappa shape index (κ1) is 9.41. The van der Waals surface area contributed by atoms with Crippen molar-refractivity contribution < 1.29 is 25.9 Å². The highest BCUT2D eigenvalue weighted by molar-refractivity contribution is 7.88. The van der Waals surface area contributed by atoms with Crippen molar-refractivity contribution in [2.45, 2.75) is 12.2 Å².